The molecule has 0 bridgehead atoms. The molecule has 1 N–H and O–H groups in total. The first-order valence-corrected chi connectivity index (χ1v) is 12.3. The molecule has 1 unspecified atom stereocenters. The van der Waals surface area contributed by atoms with E-state index in [1.54, 1.807) is 35.2 Å². The Bertz CT molecular complexity index is 974. The van der Waals surface area contributed by atoms with Crippen LogP contribution in [0.4, 0.5) is 4.39 Å². The van der Waals surface area contributed by atoms with Crippen molar-refractivity contribution in [2.24, 2.45) is 5.92 Å². The molecule has 2 aromatic carbocycles. The summed E-state index contributed by atoms with van der Waals surface area (Å²) in [6.07, 6.45) is 4.34. The van der Waals surface area contributed by atoms with Crippen molar-refractivity contribution in [3.05, 3.63) is 64.9 Å². The SMILES string of the molecule is O=C(NCc1cccc(F)c1)C(C1CCCC1)N1CCN(C(=O)COc2ccc(Cl)cc2)CC1. The van der Waals surface area contributed by atoms with Gasteiger partial charge in [0, 0.05) is 37.7 Å². The van der Waals surface area contributed by atoms with Gasteiger partial charge in [-0.15, -0.1) is 0 Å². The molecule has 34 heavy (non-hydrogen) atoms. The molecule has 2 fully saturated rings. The Morgan fingerprint density at radius 3 is 2.44 bits per heavy atom. The van der Waals surface area contributed by atoms with Crippen molar-refractivity contribution < 1.29 is 18.7 Å². The van der Waals surface area contributed by atoms with Crippen LogP contribution in [0.5, 0.6) is 5.75 Å². The number of piperazine rings is 1. The first-order chi connectivity index (χ1) is 16.5. The van der Waals surface area contributed by atoms with Crippen molar-refractivity contribution >= 4 is 23.4 Å². The van der Waals surface area contributed by atoms with Gasteiger partial charge in [0.25, 0.3) is 5.91 Å². The number of benzene rings is 2. The number of carbonyl (C=O) groups excluding carboxylic acids is 2. The molecule has 0 aromatic heterocycles. The quantitative estimate of drug-likeness (QED) is 0.614. The Kier molecular flexibility index (Phi) is 8.40. The lowest BCUT2D eigenvalue weighted by Gasteiger charge is -2.40. The summed E-state index contributed by atoms with van der Waals surface area (Å²) in [5.41, 5.74) is 0.745. The van der Waals surface area contributed by atoms with Gasteiger partial charge in [-0.1, -0.05) is 36.6 Å². The number of nitrogens with one attached hydrogen (secondary N) is 1. The van der Waals surface area contributed by atoms with Gasteiger partial charge in [-0.05, 0) is 60.7 Å². The number of halogens is 2. The molecule has 6 nitrogen and oxygen atoms in total. The number of nitrogens with zero attached hydrogens (tertiary/aromatic N) is 2. The summed E-state index contributed by atoms with van der Waals surface area (Å²) in [5.74, 6) is 0.528. The van der Waals surface area contributed by atoms with Crippen LogP contribution in [-0.4, -0.2) is 60.4 Å². The van der Waals surface area contributed by atoms with Crippen LogP contribution in [0.2, 0.25) is 5.02 Å². The van der Waals surface area contributed by atoms with Crippen LogP contribution in [0, 0.1) is 11.7 Å². The third-order valence-corrected chi connectivity index (χ3v) is 6.96. The third kappa shape index (κ3) is 6.48. The number of amides is 2. The van der Waals surface area contributed by atoms with Gasteiger partial charge in [-0.2, -0.15) is 0 Å². The summed E-state index contributed by atoms with van der Waals surface area (Å²) in [5, 5.41) is 3.64. The van der Waals surface area contributed by atoms with E-state index in [1.807, 2.05) is 6.07 Å². The minimum atomic E-state index is -0.306. The Hall–Kier alpha value is -2.64. The van der Waals surface area contributed by atoms with E-state index in [-0.39, 0.29) is 30.3 Å². The largest absolute Gasteiger partial charge is 0.484 e. The van der Waals surface area contributed by atoms with Crippen LogP contribution in [-0.2, 0) is 16.1 Å². The zero-order valence-electron chi connectivity index (χ0n) is 19.2. The van der Waals surface area contributed by atoms with Gasteiger partial charge in [-0.25, -0.2) is 4.39 Å². The summed E-state index contributed by atoms with van der Waals surface area (Å²) in [6.45, 7) is 2.68. The molecule has 1 aliphatic heterocycles. The lowest BCUT2D eigenvalue weighted by molar-refractivity contribution is -0.137. The van der Waals surface area contributed by atoms with Gasteiger partial charge >= 0.3 is 0 Å². The maximum absolute atomic E-state index is 13.5. The molecule has 1 saturated carbocycles. The summed E-state index contributed by atoms with van der Waals surface area (Å²) in [4.78, 5) is 29.9. The molecule has 0 spiro atoms. The minimum absolute atomic E-state index is 0.0120. The molecule has 4 rings (SSSR count). The molecular weight excluding hydrogens is 457 g/mol. The lowest BCUT2D eigenvalue weighted by Crippen LogP contribution is -2.58. The molecule has 8 heteroatoms. The highest BCUT2D eigenvalue weighted by Gasteiger charge is 2.37. The second kappa shape index (κ2) is 11.7. The van der Waals surface area contributed by atoms with Gasteiger partial charge in [-0.3, -0.25) is 14.5 Å². The summed E-state index contributed by atoms with van der Waals surface area (Å²) in [6, 6.07) is 13.0. The van der Waals surface area contributed by atoms with E-state index in [2.05, 4.69) is 10.2 Å². The Morgan fingerprint density at radius 2 is 1.76 bits per heavy atom. The average Bonchev–Trinajstić information content (AvgIpc) is 3.37. The molecule has 182 valence electrons. The van der Waals surface area contributed by atoms with Crippen LogP contribution in [0.25, 0.3) is 0 Å². The highest BCUT2D eigenvalue weighted by Crippen LogP contribution is 2.31. The van der Waals surface area contributed by atoms with E-state index in [0.29, 0.717) is 49.4 Å². The fourth-order valence-electron chi connectivity index (χ4n) is 4.91. The number of hydrogen-bond donors (Lipinski definition) is 1. The Morgan fingerprint density at radius 1 is 1.06 bits per heavy atom. The maximum atomic E-state index is 13.5. The number of ether oxygens (including phenoxy) is 1. The van der Waals surface area contributed by atoms with Gasteiger partial charge in [0.2, 0.25) is 5.91 Å². The van der Waals surface area contributed by atoms with Crippen molar-refractivity contribution in [2.45, 2.75) is 38.3 Å². The molecule has 2 aliphatic rings. The van der Waals surface area contributed by atoms with Crippen LogP contribution in [0.3, 0.4) is 0 Å². The van der Waals surface area contributed by atoms with Crippen molar-refractivity contribution in [1.29, 1.82) is 0 Å². The van der Waals surface area contributed by atoms with Crippen LogP contribution >= 0.6 is 11.6 Å². The normalized spacial score (nSPS) is 18.0. The van der Waals surface area contributed by atoms with E-state index in [4.69, 9.17) is 16.3 Å². The van der Waals surface area contributed by atoms with Crippen molar-refractivity contribution in [1.82, 2.24) is 15.1 Å². The summed E-state index contributed by atoms with van der Waals surface area (Å²) >= 11 is 5.88. The van der Waals surface area contributed by atoms with Gasteiger partial charge in [0.15, 0.2) is 6.61 Å². The summed E-state index contributed by atoms with van der Waals surface area (Å²) < 4.78 is 19.1. The Balaban J connectivity index is 1.31. The zero-order chi connectivity index (χ0) is 23.9. The molecule has 0 radical (unpaired) electrons. The predicted octanol–water partition coefficient (Wildman–Crippen LogP) is 3.88. The third-order valence-electron chi connectivity index (χ3n) is 6.71. The van der Waals surface area contributed by atoms with E-state index < -0.39 is 0 Å². The zero-order valence-corrected chi connectivity index (χ0v) is 20.0. The van der Waals surface area contributed by atoms with Crippen molar-refractivity contribution in [3.63, 3.8) is 0 Å². The van der Waals surface area contributed by atoms with Gasteiger partial charge < -0.3 is 15.0 Å². The Labute approximate surface area is 205 Å². The topological polar surface area (TPSA) is 61.9 Å². The van der Waals surface area contributed by atoms with Crippen LogP contribution in [0.15, 0.2) is 48.5 Å². The lowest BCUT2D eigenvalue weighted by atomic mass is 9.95. The second-order valence-electron chi connectivity index (χ2n) is 9.00. The van der Waals surface area contributed by atoms with E-state index in [9.17, 15) is 14.0 Å². The van der Waals surface area contributed by atoms with Gasteiger partial charge in [0.1, 0.15) is 11.6 Å². The van der Waals surface area contributed by atoms with Crippen molar-refractivity contribution in [2.75, 3.05) is 32.8 Å². The first-order valence-electron chi connectivity index (χ1n) is 11.9. The van der Waals surface area contributed by atoms with E-state index in [0.717, 1.165) is 31.2 Å². The average molecular weight is 488 g/mol. The fraction of sp³-hybridized carbons (Fsp3) is 0.462. The molecule has 1 aliphatic carbocycles. The maximum Gasteiger partial charge on any atom is 0.260 e. The molecule has 1 heterocycles. The number of carbonyl (C=O) groups is 2. The van der Waals surface area contributed by atoms with Crippen LogP contribution in [0.1, 0.15) is 31.2 Å². The molecule has 2 amide bonds. The van der Waals surface area contributed by atoms with Crippen molar-refractivity contribution in [3.8, 4) is 5.75 Å². The van der Waals surface area contributed by atoms with Crippen LogP contribution < -0.4 is 10.1 Å². The first kappa shape index (κ1) is 24.5. The smallest absolute Gasteiger partial charge is 0.260 e. The van der Waals surface area contributed by atoms with E-state index >= 15 is 0 Å². The highest BCUT2D eigenvalue weighted by molar-refractivity contribution is 6.30. The standard InChI is InChI=1S/C26H31ClFN3O3/c27-21-8-10-23(11-9-21)34-18-24(32)30-12-14-31(15-13-30)25(20-5-1-2-6-20)26(33)29-17-19-4-3-7-22(28)16-19/h3-4,7-11,16,20,25H,1-2,5-6,12-15,17-18H2,(H,29,33). The molecule has 1 saturated heterocycles. The number of hydrogen-bond acceptors (Lipinski definition) is 4. The predicted molar refractivity (Wildman–Crippen MR) is 129 cm³/mol. The summed E-state index contributed by atoms with van der Waals surface area (Å²) in [7, 11) is 0. The highest BCUT2D eigenvalue weighted by atomic mass is 35.5. The fourth-order valence-corrected chi connectivity index (χ4v) is 5.03. The van der Waals surface area contributed by atoms with E-state index in [1.165, 1.54) is 12.1 Å². The molecular formula is C26H31ClFN3O3. The molecule has 1 atom stereocenters. The molecule has 2 aromatic rings. The van der Waals surface area contributed by atoms with Gasteiger partial charge in [0.05, 0.1) is 6.04 Å². The minimum Gasteiger partial charge on any atom is -0.484 e. The number of rotatable bonds is 8. The second-order valence-corrected chi connectivity index (χ2v) is 9.43. The monoisotopic (exact) mass is 487 g/mol.